The zero-order chi connectivity index (χ0) is 16.8. The summed E-state index contributed by atoms with van der Waals surface area (Å²) in [5, 5.41) is 4.11. The second-order valence-electron chi connectivity index (χ2n) is 6.62. The summed E-state index contributed by atoms with van der Waals surface area (Å²) in [7, 11) is 1.63. The Bertz CT molecular complexity index is 528. The molecule has 2 aliphatic rings. The second kappa shape index (κ2) is 8.58. The third-order valence-electron chi connectivity index (χ3n) is 4.93. The van der Waals surface area contributed by atoms with Crippen molar-refractivity contribution >= 4 is 5.91 Å². The van der Waals surface area contributed by atoms with Crippen molar-refractivity contribution in [1.29, 1.82) is 0 Å². The largest absolute Gasteiger partial charge is 0.382 e. The molecule has 2 fully saturated rings. The molecule has 0 radical (unpaired) electrons. The van der Waals surface area contributed by atoms with Gasteiger partial charge in [0.2, 0.25) is 5.91 Å². The lowest BCUT2D eigenvalue weighted by molar-refractivity contribution is -0.139. The number of likely N-dealkylation sites (tertiary alicyclic amines) is 1. The van der Waals surface area contributed by atoms with Gasteiger partial charge >= 0.3 is 0 Å². The first kappa shape index (κ1) is 17.4. The summed E-state index contributed by atoms with van der Waals surface area (Å²) in [6.07, 6.45) is 7.43. The molecule has 1 saturated heterocycles. The van der Waals surface area contributed by atoms with Crippen LogP contribution < -0.4 is 0 Å². The number of methoxy groups -OCH3 is 1. The van der Waals surface area contributed by atoms with Crippen LogP contribution in [0.15, 0.2) is 4.52 Å². The van der Waals surface area contributed by atoms with Crippen molar-refractivity contribution < 1.29 is 18.8 Å². The zero-order valence-electron chi connectivity index (χ0n) is 14.4. The first-order valence-electron chi connectivity index (χ1n) is 8.99. The second-order valence-corrected chi connectivity index (χ2v) is 6.62. The van der Waals surface area contributed by atoms with Crippen LogP contribution in [0.25, 0.3) is 0 Å². The van der Waals surface area contributed by atoms with Gasteiger partial charge in [-0.1, -0.05) is 18.0 Å². The Morgan fingerprint density at radius 1 is 1.21 bits per heavy atom. The summed E-state index contributed by atoms with van der Waals surface area (Å²) in [6, 6.07) is -0.0525. The van der Waals surface area contributed by atoms with Gasteiger partial charge in [0.15, 0.2) is 5.82 Å². The van der Waals surface area contributed by atoms with Crippen LogP contribution in [0.4, 0.5) is 0 Å². The minimum Gasteiger partial charge on any atom is -0.382 e. The summed E-state index contributed by atoms with van der Waals surface area (Å²) < 4.78 is 15.6. The van der Waals surface area contributed by atoms with Crippen LogP contribution in [0.5, 0.6) is 0 Å². The zero-order valence-corrected chi connectivity index (χ0v) is 14.4. The number of rotatable bonds is 7. The first-order chi connectivity index (χ1) is 11.8. The molecule has 2 heterocycles. The molecule has 7 heteroatoms. The van der Waals surface area contributed by atoms with Gasteiger partial charge in [-0.05, 0) is 32.1 Å². The molecule has 0 bridgehead atoms. The number of carbonyl (C=O) groups is 1. The topological polar surface area (TPSA) is 77.7 Å². The van der Waals surface area contributed by atoms with E-state index in [1.165, 1.54) is 12.8 Å². The quantitative estimate of drug-likeness (QED) is 0.711. The normalized spacial score (nSPS) is 22.2. The Morgan fingerprint density at radius 2 is 2.00 bits per heavy atom. The molecule has 7 nitrogen and oxygen atoms in total. The lowest BCUT2D eigenvalue weighted by Gasteiger charge is -2.35. The maximum atomic E-state index is 12.8. The molecule has 0 N–H and O–H groups in total. The lowest BCUT2D eigenvalue weighted by Crippen LogP contribution is -2.41. The number of piperidine rings is 1. The molecule has 24 heavy (non-hydrogen) atoms. The Labute approximate surface area is 142 Å². The van der Waals surface area contributed by atoms with Gasteiger partial charge in [0, 0.05) is 19.6 Å². The van der Waals surface area contributed by atoms with Crippen molar-refractivity contribution in [2.75, 3.05) is 26.9 Å². The highest BCUT2D eigenvalue weighted by molar-refractivity contribution is 5.79. The van der Waals surface area contributed by atoms with Crippen LogP contribution in [0, 0.1) is 5.92 Å². The Morgan fingerprint density at radius 3 is 2.79 bits per heavy atom. The summed E-state index contributed by atoms with van der Waals surface area (Å²) in [5.74, 6) is 1.54. The Balaban J connectivity index is 1.62. The summed E-state index contributed by atoms with van der Waals surface area (Å²) in [6.45, 7) is 2.10. The summed E-state index contributed by atoms with van der Waals surface area (Å²) in [4.78, 5) is 19.3. The van der Waals surface area contributed by atoms with E-state index >= 15 is 0 Å². The van der Waals surface area contributed by atoms with E-state index in [2.05, 4.69) is 10.1 Å². The van der Waals surface area contributed by atoms with Gasteiger partial charge in [-0.2, -0.15) is 4.98 Å². The first-order valence-corrected chi connectivity index (χ1v) is 8.99. The molecule has 1 unspecified atom stereocenters. The van der Waals surface area contributed by atoms with Gasteiger partial charge in [0.25, 0.3) is 5.89 Å². The van der Waals surface area contributed by atoms with Crippen LogP contribution in [-0.4, -0.2) is 47.8 Å². The van der Waals surface area contributed by atoms with E-state index in [1.807, 2.05) is 4.90 Å². The van der Waals surface area contributed by atoms with Crippen LogP contribution in [0.2, 0.25) is 0 Å². The van der Waals surface area contributed by atoms with E-state index in [9.17, 15) is 4.79 Å². The standard InChI is InChI=1S/C17H27N3O4/c1-22-10-11-23-12-15-18-16(19-24-15)14-8-4-5-9-20(14)17(21)13-6-2-3-7-13/h13-14H,2-12H2,1H3. The number of ether oxygens (including phenoxy) is 2. The Hall–Kier alpha value is -1.47. The van der Waals surface area contributed by atoms with Gasteiger partial charge in [-0.15, -0.1) is 0 Å². The van der Waals surface area contributed by atoms with Gasteiger partial charge in [0.05, 0.1) is 19.3 Å². The van der Waals surface area contributed by atoms with Crippen molar-refractivity contribution in [2.24, 2.45) is 5.92 Å². The van der Waals surface area contributed by atoms with Crippen molar-refractivity contribution in [3.05, 3.63) is 11.7 Å². The number of aromatic nitrogens is 2. The summed E-state index contributed by atoms with van der Waals surface area (Å²) >= 11 is 0. The van der Waals surface area contributed by atoms with Crippen molar-refractivity contribution in [2.45, 2.75) is 57.6 Å². The predicted octanol–water partition coefficient (Wildman–Crippen LogP) is 2.48. The van der Waals surface area contributed by atoms with Crippen LogP contribution in [0.3, 0.4) is 0 Å². The molecule has 1 aromatic heterocycles. The third-order valence-corrected chi connectivity index (χ3v) is 4.93. The fourth-order valence-electron chi connectivity index (χ4n) is 3.63. The molecule has 1 aliphatic heterocycles. The smallest absolute Gasteiger partial charge is 0.252 e. The van der Waals surface area contributed by atoms with E-state index in [0.717, 1.165) is 38.6 Å². The van der Waals surface area contributed by atoms with Crippen molar-refractivity contribution in [3.63, 3.8) is 0 Å². The molecule has 0 aromatic carbocycles. The minimum absolute atomic E-state index is 0.0525. The van der Waals surface area contributed by atoms with Crippen LogP contribution in [0.1, 0.15) is 62.7 Å². The molecule has 3 rings (SSSR count). The molecule has 1 atom stereocenters. The molecule has 0 spiro atoms. The van der Waals surface area contributed by atoms with E-state index < -0.39 is 0 Å². The van der Waals surface area contributed by atoms with Gasteiger partial charge in [-0.3, -0.25) is 4.79 Å². The number of amides is 1. The van der Waals surface area contributed by atoms with Crippen LogP contribution >= 0.6 is 0 Å². The molecule has 1 saturated carbocycles. The highest BCUT2D eigenvalue weighted by Gasteiger charge is 2.35. The summed E-state index contributed by atoms with van der Waals surface area (Å²) in [5.41, 5.74) is 0. The highest BCUT2D eigenvalue weighted by atomic mass is 16.5. The predicted molar refractivity (Wildman–Crippen MR) is 86.1 cm³/mol. The molecule has 1 amide bonds. The monoisotopic (exact) mass is 337 g/mol. The van der Waals surface area contributed by atoms with E-state index in [1.54, 1.807) is 7.11 Å². The maximum Gasteiger partial charge on any atom is 0.252 e. The average Bonchev–Trinajstić information content (AvgIpc) is 3.30. The van der Waals surface area contributed by atoms with Crippen molar-refractivity contribution in [1.82, 2.24) is 15.0 Å². The minimum atomic E-state index is -0.0525. The van der Waals surface area contributed by atoms with Gasteiger partial charge in [0.1, 0.15) is 6.61 Å². The Kier molecular flexibility index (Phi) is 6.20. The van der Waals surface area contributed by atoms with E-state index in [0.29, 0.717) is 24.9 Å². The third kappa shape index (κ3) is 4.13. The molecule has 1 aliphatic carbocycles. The fraction of sp³-hybridized carbons (Fsp3) is 0.824. The van der Waals surface area contributed by atoms with E-state index in [4.69, 9.17) is 14.0 Å². The average molecular weight is 337 g/mol. The van der Waals surface area contributed by atoms with E-state index in [-0.39, 0.29) is 24.5 Å². The molecular weight excluding hydrogens is 310 g/mol. The van der Waals surface area contributed by atoms with Gasteiger partial charge < -0.3 is 18.9 Å². The molecule has 134 valence electrons. The number of carbonyl (C=O) groups excluding carboxylic acids is 1. The molecular formula is C17H27N3O4. The molecule has 1 aromatic rings. The SMILES string of the molecule is COCCOCc1nc(C2CCCCN2C(=O)C2CCCC2)no1. The number of nitrogens with zero attached hydrogens (tertiary/aromatic N) is 3. The van der Waals surface area contributed by atoms with Gasteiger partial charge in [-0.25, -0.2) is 0 Å². The lowest BCUT2D eigenvalue weighted by atomic mass is 9.98. The van der Waals surface area contributed by atoms with Crippen LogP contribution in [-0.2, 0) is 20.9 Å². The van der Waals surface area contributed by atoms with Crippen molar-refractivity contribution in [3.8, 4) is 0 Å². The number of hydrogen-bond acceptors (Lipinski definition) is 6. The maximum absolute atomic E-state index is 12.8. The fourth-order valence-corrected chi connectivity index (χ4v) is 3.63. The number of hydrogen-bond donors (Lipinski definition) is 0. The highest BCUT2D eigenvalue weighted by Crippen LogP contribution is 2.34.